The van der Waals surface area contributed by atoms with Gasteiger partial charge in [0.05, 0.1) is 9.30 Å². The molecule has 0 amide bonds. The Hall–Kier alpha value is -0.190. The van der Waals surface area contributed by atoms with Crippen molar-refractivity contribution in [3.63, 3.8) is 0 Å². The van der Waals surface area contributed by atoms with E-state index in [9.17, 15) is 4.39 Å². The summed E-state index contributed by atoms with van der Waals surface area (Å²) in [5.74, 6) is -0.246. The largest absolute Gasteiger partial charge is 0.206 e. The maximum Gasteiger partial charge on any atom is 0.137 e. The van der Waals surface area contributed by atoms with Gasteiger partial charge in [-0.15, -0.1) is 0 Å². The summed E-state index contributed by atoms with van der Waals surface area (Å²) in [4.78, 5) is -0.0272. The average molecular weight is 423 g/mol. The maximum atomic E-state index is 13.4. The van der Waals surface area contributed by atoms with Gasteiger partial charge in [0.25, 0.3) is 0 Å². The molecule has 0 spiro atoms. The Morgan fingerprint density at radius 1 is 0.941 bits per heavy atom. The molecular formula is C13H8Br3F. The van der Waals surface area contributed by atoms with Crippen LogP contribution in [-0.2, 0) is 0 Å². The van der Waals surface area contributed by atoms with Gasteiger partial charge in [0.2, 0.25) is 0 Å². The summed E-state index contributed by atoms with van der Waals surface area (Å²) in [6.07, 6.45) is 0. The lowest BCUT2D eigenvalue weighted by Crippen LogP contribution is -1.95. The molecule has 88 valence electrons. The lowest BCUT2D eigenvalue weighted by molar-refractivity contribution is 0.619. The van der Waals surface area contributed by atoms with Crippen LogP contribution in [0.5, 0.6) is 0 Å². The minimum absolute atomic E-state index is 0.0272. The van der Waals surface area contributed by atoms with Crippen LogP contribution in [0.15, 0.2) is 51.4 Å². The first kappa shape index (κ1) is 13.2. The predicted molar refractivity (Wildman–Crippen MR) is 79.0 cm³/mol. The normalized spacial score (nSPS) is 12.5. The molecule has 1 unspecified atom stereocenters. The molecule has 1 atom stereocenters. The summed E-state index contributed by atoms with van der Waals surface area (Å²) in [6, 6.07) is 13.0. The van der Waals surface area contributed by atoms with Crippen molar-refractivity contribution in [1.29, 1.82) is 0 Å². The molecule has 0 fully saturated rings. The van der Waals surface area contributed by atoms with Gasteiger partial charge in [-0.05, 0) is 45.3 Å². The third-order valence-corrected chi connectivity index (χ3v) is 4.80. The van der Waals surface area contributed by atoms with Crippen LogP contribution in [0.3, 0.4) is 0 Å². The zero-order valence-electron chi connectivity index (χ0n) is 8.63. The molecule has 0 N–H and O–H groups in total. The Labute approximate surface area is 125 Å². The van der Waals surface area contributed by atoms with E-state index in [1.807, 2.05) is 30.3 Å². The second kappa shape index (κ2) is 5.63. The van der Waals surface area contributed by atoms with Crippen molar-refractivity contribution in [2.24, 2.45) is 0 Å². The highest BCUT2D eigenvalue weighted by Crippen LogP contribution is 2.36. The average Bonchev–Trinajstić information content (AvgIpc) is 2.33. The van der Waals surface area contributed by atoms with E-state index in [4.69, 9.17) is 0 Å². The molecule has 0 radical (unpaired) electrons. The van der Waals surface area contributed by atoms with Gasteiger partial charge < -0.3 is 0 Å². The Morgan fingerprint density at radius 2 is 1.59 bits per heavy atom. The third kappa shape index (κ3) is 2.98. The molecule has 0 bridgehead atoms. The second-order valence-electron chi connectivity index (χ2n) is 3.56. The first-order valence-electron chi connectivity index (χ1n) is 4.93. The molecular weight excluding hydrogens is 415 g/mol. The van der Waals surface area contributed by atoms with Crippen LogP contribution in [0.4, 0.5) is 4.39 Å². The van der Waals surface area contributed by atoms with E-state index in [2.05, 4.69) is 47.8 Å². The highest BCUT2D eigenvalue weighted by atomic mass is 79.9. The molecule has 0 aliphatic heterocycles. The van der Waals surface area contributed by atoms with Gasteiger partial charge in [0.15, 0.2) is 0 Å². The van der Waals surface area contributed by atoms with Crippen molar-refractivity contribution in [2.75, 3.05) is 0 Å². The molecule has 0 saturated heterocycles. The van der Waals surface area contributed by atoms with Gasteiger partial charge in [0, 0.05) is 4.47 Å². The molecule has 2 aromatic rings. The predicted octanol–water partition coefficient (Wildman–Crippen LogP) is 5.84. The van der Waals surface area contributed by atoms with E-state index in [0.717, 1.165) is 15.6 Å². The van der Waals surface area contributed by atoms with Gasteiger partial charge in [-0.2, -0.15) is 0 Å². The highest BCUT2D eigenvalue weighted by Gasteiger charge is 2.15. The smallest absolute Gasteiger partial charge is 0.137 e. The molecule has 0 aliphatic carbocycles. The zero-order chi connectivity index (χ0) is 12.4. The molecule has 0 heterocycles. The summed E-state index contributed by atoms with van der Waals surface area (Å²) in [5.41, 5.74) is 1.96. The zero-order valence-corrected chi connectivity index (χ0v) is 13.4. The number of hydrogen-bond acceptors (Lipinski definition) is 0. The van der Waals surface area contributed by atoms with Crippen LogP contribution in [0.25, 0.3) is 0 Å². The minimum atomic E-state index is -0.246. The minimum Gasteiger partial charge on any atom is -0.206 e. The number of halogens is 4. The SMILES string of the molecule is Fc1cccc(C(Br)c2ccc(Br)cc2)c1Br. The van der Waals surface area contributed by atoms with E-state index in [1.165, 1.54) is 6.07 Å². The lowest BCUT2D eigenvalue weighted by atomic mass is 10.1. The molecule has 0 nitrogen and oxygen atoms in total. The van der Waals surface area contributed by atoms with Gasteiger partial charge in [-0.1, -0.05) is 56.1 Å². The van der Waals surface area contributed by atoms with E-state index >= 15 is 0 Å². The lowest BCUT2D eigenvalue weighted by Gasteiger charge is -2.13. The Morgan fingerprint density at radius 3 is 2.24 bits per heavy atom. The summed E-state index contributed by atoms with van der Waals surface area (Å²) < 4.78 is 15.0. The first-order valence-corrected chi connectivity index (χ1v) is 7.43. The summed E-state index contributed by atoms with van der Waals surface area (Å²) in [6.45, 7) is 0. The summed E-state index contributed by atoms with van der Waals surface area (Å²) >= 11 is 10.3. The van der Waals surface area contributed by atoms with Crippen molar-refractivity contribution in [3.05, 3.63) is 68.4 Å². The molecule has 2 aromatic carbocycles. The standard InChI is InChI=1S/C13H8Br3F/c14-9-6-4-8(5-7-9)12(15)10-2-1-3-11(17)13(10)16/h1-7,12H. The Balaban J connectivity index is 2.40. The van der Waals surface area contributed by atoms with E-state index in [1.54, 1.807) is 6.07 Å². The maximum absolute atomic E-state index is 13.4. The molecule has 4 heteroatoms. The van der Waals surface area contributed by atoms with Gasteiger partial charge >= 0.3 is 0 Å². The molecule has 2 rings (SSSR count). The van der Waals surface area contributed by atoms with Crippen LogP contribution < -0.4 is 0 Å². The van der Waals surface area contributed by atoms with Crippen molar-refractivity contribution < 1.29 is 4.39 Å². The van der Waals surface area contributed by atoms with E-state index in [-0.39, 0.29) is 10.6 Å². The van der Waals surface area contributed by atoms with E-state index in [0.29, 0.717) is 4.47 Å². The Bertz CT molecular complexity index is 523. The van der Waals surface area contributed by atoms with Gasteiger partial charge in [-0.25, -0.2) is 4.39 Å². The quantitative estimate of drug-likeness (QED) is 0.534. The monoisotopic (exact) mass is 420 g/mol. The fraction of sp³-hybridized carbons (Fsp3) is 0.0769. The van der Waals surface area contributed by atoms with Gasteiger partial charge in [0.1, 0.15) is 5.82 Å². The number of hydrogen-bond donors (Lipinski definition) is 0. The van der Waals surface area contributed by atoms with Crippen molar-refractivity contribution in [1.82, 2.24) is 0 Å². The number of benzene rings is 2. The fourth-order valence-electron chi connectivity index (χ4n) is 1.53. The first-order chi connectivity index (χ1) is 8.09. The molecule has 0 saturated carbocycles. The molecule has 17 heavy (non-hydrogen) atoms. The number of alkyl halides is 1. The van der Waals surface area contributed by atoms with Crippen LogP contribution >= 0.6 is 47.8 Å². The number of rotatable bonds is 2. The van der Waals surface area contributed by atoms with Crippen molar-refractivity contribution >= 4 is 47.8 Å². The molecule has 0 aliphatic rings. The Kier molecular flexibility index (Phi) is 4.39. The fourth-order valence-corrected chi connectivity index (χ4v) is 3.28. The topological polar surface area (TPSA) is 0 Å². The van der Waals surface area contributed by atoms with Gasteiger partial charge in [-0.3, -0.25) is 0 Å². The molecule has 0 aromatic heterocycles. The van der Waals surface area contributed by atoms with Crippen LogP contribution in [0.1, 0.15) is 16.0 Å². The van der Waals surface area contributed by atoms with Crippen LogP contribution in [0, 0.1) is 5.82 Å². The van der Waals surface area contributed by atoms with Crippen LogP contribution in [-0.4, -0.2) is 0 Å². The summed E-state index contributed by atoms with van der Waals surface area (Å²) in [5, 5.41) is 0. The second-order valence-corrected chi connectivity index (χ2v) is 6.18. The van der Waals surface area contributed by atoms with Crippen molar-refractivity contribution in [3.8, 4) is 0 Å². The highest BCUT2D eigenvalue weighted by molar-refractivity contribution is 9.11. The van der Waals surface area contributed by atoms with Crippen LogP contribution in [0.2, 0.25) is 0 Å². The van der Waals surface area contributed by atoms with E-state index < -0.39 is 0 Å². The van der Waals surface area contributed by atoms with Crippen molar-refractivity contribution in [2.45, 2.75) is 4.83 Å². The summed E-state index contributed by atoms with van der Waals surface area (Å²) in [7, 11) is 0. The third-order valence-electron chi connectivity index (χ3n) is 2.42.